The SMILES string of the molecule is CCCC.O=C(O)C(F)(F)P(=O)(O)O. The molecule has 0 aromatic heterocycles. The maximum atomic E-state index is 11.7. The maximum absolute atomic E-state index is 11.7. The molecule has 0 fully saturated rings. The summed E-state index contributed by atoms with van der Waals surface area (Å²) in [6.07, 6.45) is 2.64. The van der Waals surface area contributed by atoms with Crippen LogP contribution in [0.15, 0.2) is 0 Å². The monoisotopic (exact) mass is 234 g/mol. The van der Waals surface area contributed by atoms with Crippen molar-refractivity contribution >= 4 is 13.6 Å². The van der Waals surface area contributed by atoms with Gasteiger partial charge >= 0.3 is 19.2 Å². The minimum absolute atomic E-state index is 1.32. The van der Waals surface area contributed by atoms with E-state index in [9.17, 15) is 18.1 Å². The summed E-state index contributed by atoms with van der Waals surface area (Å²) >= 11 is 0. The van der Waals surface area contributed by atoms with Crippen LogP contribution in [0.25, 0.3) is 0 Å². The number of carbonyl (C=O) groups is 1. The van der Waals surface area contributed by atoms with Crippen molar-refractivity contribution in [2.75, 3.05) is 0 Å². The first-order valence-electron chi connectivity index (χ1n) is 3.78. The Morgan fingerprint density at radius 1 is 1.29 bits per heavy atom. The van der Waals surface area contributed by atoms with Gasteiger partial charge in [0.25, 0.3) is 0 Å². The number of hydrogen-bond donors (Lipinski definition) is 3. The fraction of sp³-hybridized carbons (Fsp3) is 0.833. The molecule has 0 aromatic rings. The highest BCUT2D eigenvalue weighted by atomic mass is 31.2. The number of carboxylic acid groups (broad SMARTS) is 1. The van der Waals surface area contributed by atoms with Gasteiger partial charge in [-0.05, 0) is 0 Å². The Balaban J connectivity index is 0. The molecule has 0 saturated carbocycles. The van der Waals surface area contributed by atoms with E-state index in [0.29, 0.717) is 0 Å². The molecule has 0 saturated heterocycles. The topological polar surface area (TPSA) is 94.8 Å². The van der Waals surface area contributed by atoms with E-state index < -0.39 is 19.2 Å². The first-order valence-corrected chi connectivity index (χ1v) is 5.39. The van der Waals surface area contributed by atoms with Crippen molar-refractivity contribution in [2.24, 2.45) is 0 Å². The maximum Gasteiger partial charge on any atom is 0.440 e. The molecule has 0 spiro atoms. The average molecular weight is 234 g/mol. The molecule has 3 N–H and O–H groups in total. The number of hydrogen-bond acceptors (Lipinski definition) is 2. The number of carboxylic acids is 1. The van der Waals surface area contributed by atoms with Crippen LogP contribution in [0.3, 0.4) is 0 Å². The van der Waals surface area contributed by atoms with Gasteiger partial charge in [-0.25, -0.2) is 4.79 Å². The largest absolute Gasteiger partial charge is 0.476 e. The lowest BCUT2D eigenvalue weighted by molar-refractivity contribution is -0.155. The van der Waals surface area contributed by atoms with Crippen molar-refractivity contribution in [3.05, 3.63) is 0 Å². The van der Waals surface area contributed by atoms with Crippen LogP contribution >= 0.6 is 7.60 Å². The average Bonchev–Trinajstić information content (AvgIpc) is 2.02. The Morgan fingerprint density at radius 2 is 1.57 bits per heavy atom. The van der Waals surface area contributed by atoms with E-state index in [1.165, 1.54) is 12.8 Å². The van der Waals surface area contributed by atoms with Crippen LogP contribution in [-0.2, 0) is 9.36 Å². The Morgan fingerprint density at radius 3 is 1.57 bits per heavy atom. The smallest absolute Gasteiger partial charge is 0.440 e. The van der Waals surface area contributed by atoms with Crippen molar-refractivity contribution in [3.8, 4) is 0 Å². The molecule has 8 heteroatoms. The quantitative estimate of drug-likeness (QED) is 0.645. The highest BCUT2D eigenvalue weighted by Gasteiger charge is 2.56. The Hall–Kier alpha value is -0.520. The molecule has 14 heavy (non-hydrogen) atoms. The second kappa shape index (κ2) is 6.06. The predicted molar refractivity (Wildman–Crippen MR) is 45.2 cm³/mol. The Bertz CT molecular complexity index is 222. The molecular formula is C6H13F2O5P. The van der Waals surface area contributed by atoms with E-state index in [-0.39, 0.29) is 0 Å². The molecule has 0 aliphatic rings. The normalized spacial score (nSPS) is 11.6. The second-order valence-electron chi connectivity index (χ2n) is 2.39. The van der Waals surface area contributed by atoms with Gasteiger partial charge in [0.05, 0.1) is 0 Å². The van der Waals surface area contributed by atoms with Crippen LogP contribution in [-0.4, -0.2) is 26.5 Å². The van der Waals surface area contributed by atoms with Crippen LogP contribution < -0.4 is 0 Å². The van der Waals surface area contributed by atoms with Crippen molar-refractivity contribution in [1.29, 1.82) is 0 Å². The second-order valence-corrected chi connectivity index (χ2v) is 4.04. The highest BCUT2D eigenvalue weighted by Crippen LogP contribution is 2.52. The standard InChI is InChI=1S/C4H10.C2H3F2O5P/c1-3-4-2;3-2(4,1(5)6)10(7,8)9/h3-4H2,1-2H3;(H,5,6)(H2,7,8,9). The van der Waals surface area contributed by atoms with Gasteiger partial charge < -0.3 is 14.9 Å². The van der Waals surface area contributed by atoms with E-state index in [1.807, 2.05) is 0 Å². The summed E-state index contributed by atoms with van der Waals surface area (Å²) in [7, 11) is -5.86. The molecule has 0 amide bonds. The molecule has 0 bridgehead atoms. The Labute approximate surface area is 79.9 Å². The minimum atomic E-state index is -5.86. The number of halogens is 2. The number of aliphatic carboxylic acids is 1. The molecule has 0 unspecified atom stereocenters. The van der Waals surface area contributed by atoms with Gasteiger partial charge in [-0.1, -0.05) is 26.7 Å². The van der Waals surface area contributed by atoms with E-state index >= 15 is 0 Å². The van der Waals surface area contributed by atoms with Gasteiger partial charge in [-0.3, -0.25) is 4.57 Å². The van der Waals surface area contributed by atoms with Gasteiger partial charge in [0.2, 0.25) is 0 Å². The zero-order valence-corrected chi connectivity index (χ0v) is 8.67. The van der Waals surface area contributed by atoms with Crippen molar-refractivity contribution in [3.63, 3.8) is 0 Å². The van der Waals surface area contributed by atoms with Gasteiger partial charge in [0.15, 0.2) is 0 Å². The van der Waals surface area contributed by atoms with Crippen LogP contribution in [0, 0.1) is 0 Å². The Kier molecular flexibility index (Phi) is 6.89. The molecule has 0 aliphatic heterocycles. The molecule has 0 aliphatic carbocycles. The zero-order chi connectivity index (χ0) is 12.0. The third-order valence-electron chi connectivity index (χ3n) is 1.12. The lowest BCUT2D eigenvalue weighted by Crippen LogP contribution is -2.27. The zero-order valence-electron chi connectivity index (χ0n) is 7.78. The molecule has 0 heterocycles. The van der Waals surface area contributed by atoms with E-state index in [1.54, 1.807) is 0 Å². The van der Waals surface area contributed by atoms with Gasteiger partial charge in [-0.15, -0.1) is 0 Å². The number of alkyl halides is 2. The van der Waals surface area contributed by atoms with Gasteiger partial charge in [0.1, 0.15) is 0 Å². The molecule has 5 nitrogen and oxygen atoms in total. The molecule has 0 rings (SSSR count). The summed E-state index contributed by atoms with van der Waals surface area (Å²) in [6.45, 7) is 4.36. The third-order valence-corrected chi connectivity index (χ3v) is 2.05. The highest BCUT2D eigenvalue weighted by molar-refractivity contribution is 7.54. The summed E-state index contributed by atoms with van der Waals surface area (Å²) in [4.78, 5) is 24.8. The fourth-order valence-corrected chi connectivity index (χ4v) is 0.374. The first-order chi connectivity index (χ1) is 6.11. The van der Waals surface area contributed by atoms with Crippen LogP contribution in [0.2, 0.25) is 0 Å². The molecule has 0 aromatic carbocycles. The summed E-state index contributed by atoms with van der Waals surface area (Å²) < 4.78 is 33.0. The fourth-order valence-electron chi connectivity index (χ4n) is 0.125. The lowest BCUT2D eigenvalue weighted by Gasteiger charge is -2.11. The number of unbranched alkanes of at least 4 members (excludes halogenated alkanes) is 1. The third kappa shape index (κ3) is 5.26. The molecular weight excluding hydrogens is 221 g/mol. The van der Waals surface area contributed by atoms with Crippen molar-refractivity contribution < 1.29 is 33.0 Å². The molecule has 86 valence electrons. The van der Waals surface area contributed by atoms with Crippen LogP contribution in [0.4, 0.5) is 8.78 Å². The van der Waals surface area contributed by atoms with Gasteiger partial charge in [-0.2, -0.15) is 8.78 Å². The summed E-state index contributed by atoms with van der Waals surface area (Å²) in [6, 6.07) is 0. The predicted octanol–water partition coefficient (Wildman–Crippen LogP) is 1.65. The molecule has 0 atom stereocenters. The van der Waals surface area contributed by atoms with Gasteiger partial charge in [0, 0.05) is 0 Å². The first kappa shape index (κ1) is 15.9. The number of rotatable bonds is 3. The summed E-state index contributed by atoms with van der Waals surface area (Å²) in [5.41, 5.74) is -4.98. The van der Waals surface area contributed by atoms with E-state index in [2.05, 4.69) is 13.8 Å². The summed E-state index contributed by atoms with van der Waals surface area (Å²) in [5, 5.41) is 7.53. The van der Waals surface area contributed by atoms with Crippen molar-refractivity contribution in [2.45, 2.75) is 32.4 Å². The minimum Gasteiger partial charge on any atom is -0.476 e. The van der Waals surface area contributed by atoms with Crippen molar-refractivity contribution in [1.82, 2.24) is 0 Å². The van der Waals surface area contributed by atoms with E-state index in [0.717, 1.165) is 0 Å². The summed E-state index contributed by atoms with van der Waals surface area (Å²) in [5.74, 6) is -2.83. The van der Waals surface area contributed by atoms with Crippen LogP contribution in [0.5, 0.6) is 0 Å². The van der Waals surface area contributed by atoms with E-state index in [4.69, 9.17) is 14.9 Å². The molecule has 0 radical (unpaired) electrons. The van der Waals surface area contributed by atoms with Crippen LogP contribution in [0.1, 0.15) is 26.7 Å². The lowest BCUT2D eigenvalue weighted by atomic mass is 10.4.